The van der Waals surface area contributed by atoms with Gasteiger partial charge in [-0.25, -0.2) is 4.98 Å². The van der Waals surface area contributed by atoms with Gasteiger partial charge >= 0.3 is 0 Å². The molecule has 0 bridgehead atoms. The topological polar surface area (TPSA) is 117 Å². The summed E-state index contributed by atoms with van der Waals surface area (Å²) in [5.74, 6) is 0.955. The molecule has 5 rings (SSSR count). The summed E-state index contributed by atoms with van der Waals surface area (Å²) in [6.45, 7) is 2.22. The van der Waals surface area contributed by atoms with Gasteiger partial charge in [0, 0.05) is 43.3 Å². The van der Waals surface area contributed by atoms with Crippen LogP contribution in [0.15, 0.2) is 24.7 Å². The van der Waals surface area contributed by atoms with Crippen molar-refractivity contribution in [3.05, 3.63) is 35.4 Å². The van der Waals surface area contributed by atoms with Gasteiger partial charge in [-0.2, -0.15) is 10.5 Å². The number of ether oxygens (including phenoxy) is 2. The predicted molar refractivity (Wildman–Crippen MR) is 139 cm³/mol. The highest BCUT2D eigenvalue weighted by Gasteiger charge is 2.43. The Bertz CT molecular complexity index is 1170. The average molecular weight is 521 g/mol. The number of nitrogens with one attached hydrogen (secondary N) is 1. The van der Waals surface area contributed by atoms with Gasteiger partial charge in [-0.05, 0) is 69.8 Å². The largest absolute Gasteiger partial charge is 0.475 e. The van der Waals surface area contributed by atoms with E-state index in [0.717, 1.165) is 62.7 Å². The van der Waals surface area contributed by atoms with Gasteiger partial charge in [0.25, 0.3) is 0 Å². The highest BCUT2D eigenvalue weighted by Crippen LogP contribution is 2.44. The minimum absolute atomic E-state index is 0.0896. The molecule has 1 N–H and O–H groups in total. The summed E-state index contributed by atoms with van der Waals surface area (Å²) in [5.41, 5.74) is 1.76. The molecule has 194 valence electrons. The van der Waals surface area contributed by atoms with Crippen molar-refractivity contribution in [3.8, 4) is 29.3 Å². The summed E-state index contributed by atoms with van der Waals surface area (Å²) in [7, 11) is 0. The van der Waals surface area contributed by atoms with Crippen molar-refractivity contribution < 1.29 is 9.47 Å². The van der Waals surface area contributed by atoms with Crippen LogP contribution in [0.3, 0.4) is 0 Å². The Labute approximate surface area is 223 Å². The van der Waals surface area contributed by atoms with E-state index in [0.29, 0.717) is 54.6 Å². The Morgan fingerprint density at radius 1 is 1.03 bits per heavy atom. The fourth-order valence-electron chi connectivity index (χ4n) is 5.29. The van der Waals surface area contributed by atoms with Crippen LogP contribution in [0.5, 0.6) is 5.88 Å². The van der Waals surface area contributed by atoms with E-state index in [1.54, 1.807) is 18.6 Å². The second-order valence-electron chi connectivity index (χ2n) is 10.9. The molecule has 3 heterocycles. The van der Waals surface area contributed by atoms with Crippen molar-refractivity contribution in [3.63, 3.8) is 0 Å². The van der Waals surface area contributed by atoms with E-state index in [1.807, 2.05) is 6.07 Å². The zero-order valence-electron chi connectivity index (χ0n) is 21.1. The summed E-state index contributed by atoms with van der Waals surface area (Å²) >= 11 is 6.52. The average Bonchev–Trinajstić information content (AvgIpc) is 3.74. The first kappa shape index (κ1) is 25.9. The van der Waals surface area contributed by atoms with E-state index in [9.17, 15) is 10.5 Å². The van der Waals surface area contributed by atoms with Gasteiger partial charge < -0.3 is 14.8 Å². The smallest absolute Gasteiger partial charge is 0.232 e. The molecule has 37 heavy (non-hydrogen) atoms. The summed E-state index contributed by atoms with van der Waals surface area (Å²) < 4.78 is 11.3. The van der Waals surface area contributed by atoms with Crippen LogP contribution in [0.2, 0.25) is 5.02 Å². The zero-order chi connectivity index (χ0) is 25.7. The fourth-order valence-corrected chi connectivity index (χ4v) is 5.49. The monoisotopic (exact) mass is 520 g/mol. The van der Waals surface area contributed by atoms with Crippen molar-refractivity contribution in [2.24, 2.45) is 16.7 Å². The number of rotatable bonds is 9. The lowest BCUT2D eigenvalue weighted by atomic mass is 9.83. The number of nitrogens with zero attached hydrogens (tertiary/aromatic N) is 5. The molecule has 1 saturated heterocycles. The molecule has 1 aliphatic heterocycles. The zero-order valence-corrected chi connectivity index (χ0v) is 21.8. The van der Waals surface area contributed by atoms with E-state index in [-0.39, 0.29) is 12.0 Å². The third kappa shape index (κ3) is 6.38. The van der Waals surface area contributed by atoms with Crippen LogP contribution < -0.4 is 10.1 Å². The molecule has 0 amide bonds. The second kappa shape index (κ2) is 11.3. The molecule has 8 nitrogen and oxygen atoms in total. The predicted octanol–water partition coefficient (Wildman–Crippen LogP) is 4.89. The normalized spacial score (nSPS) is 24.0. The summed E-state index contributed by atoms with van der Waals surface area (Å²) in [5, 5.41) is 23.1. The summed E-state index contributed by atoms with van der Waals surface area (Å²) in [6, 6.07) is 7.40. The number of halogens is 1. The Balaban J connectivity index is 1.18. The van der Waals surface area contributed by atoms with Crippen LogP contribution >= 0.6 is 11.6 Å². The molecule has 2 saturated carbocycles. The lowest BCUT2D eigenvalue weighted by molar-refractivity contribution is 0.0182. The van der Waals surface area contributed by atoms with Gasteiger partial charge in [-0.15, -0.1) is 0 Å². The van der Waals surface area contributed by atoms with Gasteiger partial charge in [-0.3, -0.25) is 9.97 Å². The Morgan fingerprint density at radius 2 is 1.78 bits per heavy atom. The molecule has 2 aromatic heterocycles. The molecule has 9 heteroatoms. The van der Waals surface area contributed by atoms with Crippen LogP contribution in [0.1, 0.15) is 57.1 Å². The van der Waals surface area contributed by atoms with E-state index in [1.165, 1.54) is 0 Å². The summed E-state index contributed by atoms with van der Waals surface area (Å²) in [6.07, 6.45) is 13.8. The van der Waals surface area contributed by atoms with Crippen LogP contribution in [0, 0.1) is 39.4 Å². The number of nitriles is 2. The second-order valence-corrected chi connectivity index (χ2v) is 11.3. The van der Waals surface area contributed by atoms with Crippen molar-refractivity contribution in [2.45, 2.75) is 63.8 Å². The molecule has 2 aromatic rings. The molecule has 0 aromatic carbocycles. The Morgan fingerprint density at radius 3 is 2.49 bits per heavy atom. The lowest BCUT2D eigenvalue weighted by Crippen LogP contribution is -2.37. The van der Waals surface area contributed by atoms with E-state index in [4.69, 9.17) is 21.1 Å². The van der Waals surface area contributed by atoms with Gasteiger partial charge in [0.15, 0.2) is 0 Å². The number of pyridine rings is 1. The quantitative estimate of drug-likeness (QED) is 0.497. The molecule has 3 fully saturated rings. The number of aromatic nitrogens is 3. The first-order valence-corrected chi connectivity index (χ1v) is 13.6. The molecule has 0 spiro atoms. The van der Waals surface area contributed by atoms with Crippen LogP contribution in [0.4, 0.5) is 0 Å². The van der Waals surface area contributed by atoms with Gasteiger partial charge in [0.1, 0.15) is 6.61 Å². The Kier molecular flexibility index (Phi) is 7.90. The van der Waals surface area contributed by atoms with Crippen LogP contribution in [-0.4, -0.2) is 47.4 Å². The first-order valence-electron chi connectivity index (χ1n) is 13.3. The van der Waals surface area contributed by atoms with Crippen LogP contribution in [-0.2, 0) is 11.2 Å². The van der Waals surface area contributed by atoms with Crippen molar-refractivity contribution in [1.82, 2.24) is 20.3 Å². The molecule has 2 aliphatic carbocycles. The van der Waals surface area contributed by atoms with Crippen LogP contribution in [0.25, 0.3) is 11.3 Å². The maximum absolute atomic E-state index is 9.68. The third-order valence-electron chi connectivity index (χ3n) is 8.15. The molecular formula is C28H33ClN6O2. The van der Waals surface area contributed by atoms with Crippen molar-refractivity contribution in [1.29, 1.82) is 10.5 Å². The van der Waals surface area contributed by atoms with Gasteiger partial charge in [0.2, 0.25) is 5.88 Å². The number of hydrogen-bond donors (Lipinski definition) is 1. The number of hydrogen-bond acceptors (Lipinski definition) is 8. The van der Waals surface area contributed by atoms with Gasteiger partial charge in [0.05, 0.1) is 46.1 Å². The molecule has 0 unspecified atom stereocenters. The maximum Gasteiger partial charge on any atom is 0.232 e. The molecular weight excluding hydrogens is 488 g/mol. The highest BCUT2D eigenvalue weighted by molar-refractivity contribution is 6.33. The Hall–Kier alpha value is -2.78. The van der Waals surface area contributed by atoms with Crippen molar-refractivity contribution >= 4 is 11.6 Å². The highest BCUT2D eigenvalue weighted by atomic mass is 35.5. The maximum atomic E-state index is 9.68. The lowest BCUT2D eigenvalue weighted by Gasteiger charge is -2.30. The first-order chi connectivity index (χ1) is 18.0. The van der Waals surface area contributed by atoms with E-state index < -0.39 is 5.41 Å². The fraction of sp³-hybridized carbons (Fsp3) is 0.607. The minimum atomic E-state index is -0.555. The van der Waals surface area contributed by atoms with E-state index >= 15 is 0 Å². The molecule has 0 atom stereocenters. The molecule has 0 radical (unpaired) electrons. The SMILES string of the molecule is N#CC1(CNC2CCC(Cc3cc(-c4cncc(OCC5(C#N)CCOCC5)n4)c(Cl)cn3)CC2)CC1. The summed E-state index contributed by atoms with van der Waals surface area (Å²) in [4.78, 5) is 13.5. The standard InChI is InChI=1S/C28H33ClN6O2/c29-24-13-33-22(11-20-1-3-21(4-2-20)34-18-27(16-30)5-6-27)12-23(24)25-14-32-15-26(35-25)37-19-28(17-31)7-9-36-10-8-28/h12-15,20-21,34H,1-11,18-19H2. The van der Waals surface area contributed by atoms with Crippen molar-refractivity contribution in [2.75, 3.05) is 26.4 Å². The van der Waals surface area contributed by atoms with Gasteiger partial charge in [-0.1, -0.05) is 11.6 Å². The minimum Gasteiger partial charge on any atom is -0.475 e. The molecule has 3 aliphatic rings. The third-order valence-corrected chi connectivity index (χ3v) is 8.45. The van der Waals surface area contributed by atoms with E-state index in [2.05, 4.69) is 32.4 Å².